The Kier molecular flexibility index (Phi) is 4.10. The van der Waals surface area contributed by atoms with Crippen molar-refractivity contribution in [3.63, 3.8) is 0 Å². The highest BCUT2D eigenvalue weighted by Crippen LogP contribution is 2.01. The molecule has 0 aliphatic carbocycles. The fraction of sp³-hybridized carbons (Fsp3) is 0.143. The zero-order valence-electron chi connectivity index (χ0n) is 9.19. The highest BCUT2D eigenvalue weighted by Gasteiger charge is 1.93. The van der Waals surface area contributed by atoms with E-state index in [1.54, 1.807) is 0 Å². The number of benzene rings is 2. The topological polar surface area (TPSA) is 12.0 Å². The van der Waals surface area contributed by atoms with Crippen LogP contribution < -0.4 is 10.6 Å². The molecule has 2 heteroatoms. The maximum atomic E-state index is 3.43. The third-order valence-corrected chi connectivity index (χ3v) is 2.87. The zero-order valence-corrected chi connectivity index (χ0v) is 10.3. The van der Waals surface area contributed by atoms with Crippen molar-refractivity contribution in [3.8, 4) is 0 Å². The largest absolute Gasteiger partial charge is 0.309 e. The maximum Gasteiger partial charge on any atom is 0.0208 e. The van der Waals surface area contributed by atoms with Gasteiger partial charge in [-0.1, -0.05) is 54.6 Å². The molecular formula is C14H16NP. The van der Waals surface area contributed by atoms with Crippen molar-refractivity contribution in [1.82, 2.24) is 5.32 Å². The summed E-state index contributed by atoms with van der Waals surface area (Å²) in [6.45, 7) is 1.84. The van der Waals surface area contributed by atoms with E-state index in [4.69, 9.17) is 0 Å². The smallest absolute Gasteiger partial charge is 0.0208 e. The van der Waals surface area contributed by atoms with Crippen LogP contribution in [0.5, 0.6) is 0 Å². The summed E-state index contributed by atoms with van der Waals surface area (Å²) in [6, 6.07) is 19.0. The van der Waals surface area contributed by atoms with Gasteiger partial charge in [-0.05, 0) is 16.4 Å². The summed E-state index contributed by atoms with van der Waals surface area (Å²) in [5.74, 6) is 0. The first-order valence-electron chi connectivity index (χ1n) is 5.43. The predicted octanol–water partition coefficient (Wildman–Crippen LogP) is 2.48. The van der Waals surface area contributed by atoms with Crippen molar-refractivity contribution in [2.24, 2.45) is 0 Å². The summed E-state index contributed by atoms with van der Waals surface area (Å²) in [7, 11) is 2.70. The third kappa shape index (κ3) is 3.44. The van der Waals surface area contributed by atoms with Crippen molar-refractivity contribution in [2.75, 3.05) is 0 Å². The Morgan fingerprint density at radius 1 is 0.750 bits per heavy atom. The minimum absolute atomic E-state index is 0.917. The van der Waals surface area contributed by atoms with Crippen LogP contribution in [0, 0.1) is 0 Å². The van der Waals surface area contributed by atoms with Crippen LogP contribution in [0.3, 0.4) is 0 Å². The van der Waals surface area contributed by atoms with E-state index in [0.717, 1.165) is 13.1 Å². The van der Waals surface area contributed by atoms with Gasteiger partial charge in [-0.3, -0.25) is 0 Å². The minimum atomic E-state index is 0.917. The van der Waals surface area contributed by atoms with Crippen LogP contribution in [0.25, 0.3) is 0 Å². The van der Waals surface area contributed by atoms with Crippen LogP contribution in [0.1, 0.15) is 11.1 Å². The summed E-state index contributed by atoms with van der Waals surface area (Å²) in [5, 5.41) is 4.66. The zero-order chi connectivity index (χ0) is 11.2. The summed E-state index contributed by atoms with van der Waals surface area (Å²) >= 11 is 0. The average Bonchev–Trinajstić information content (AvgIpc) is 2.33. The monoisotopic (exact) mass is 229 g/mol. The molecule has 0 saturated carbocycles. The van der Waals surface area contributed by atoms with Crippen LogP contribution in [-0.2, 0) is 13.1 Å². The first-order valence-corrected chi connectivity index (χ1v) is 6.01. The number of rotatable bonds is 4. The van der Waals surface area contributed by atoms with Gasteiger partial charge >= 0.3 is 0 Å². The fourth-order valence-electron chi connectivity index (χ4n) is 1.58. The van der Waals surface area contributed by atoms with Crippen LogP contribution in [-0.4, -0.2) is 0 Å². The maximum absolute atomic E-state index is 3.43. The molecule has 0 heterocycles. The number of nitrogens with one attached hydrogen (secondary N) is 1. The van der Waals surface area contributed by atoms with Gasteiger partial charge in [0, 0.05) is 13.1 Å². The Morgan fingerprint density at radius 2 is 1.31 bits per heavy atom. The van der Waals surface area contributed by atoms with E-state index < -0.39 is 0 Å². The van der Waals surface area contributed by atoms with E-state index in [1.807, 2.05) is 6.07 Å². The molecule has 0 aliphatic rings. The lowest BCUT2D eigenvalue weighted by atomic mass is 10.2. The normalized spacial score (nSPS) is 10.3. The van der Waals surface area contributed by atoms with E-state index in [9.17, 15) is 0 Å². The molecular weight excluding hydrogens is 213 g/mol. The van der Waals surface area contributed by atoms with Crippen molar-refractivity contribution < 1.29 is 0 Å². The van der Waals surface area contributed by atoms with E-state index in [2.05, 4.69) is 63.1 Å². The van der Waals surface area contributed by atoms with Gasteiger partial charge in [-0.25, -0.2) is 0 Å². The van der Waals surface area contributed by atoms with Crippen LogP contribution in [0.4, 0.5) is 0 Å². The quantitative estimate of drug-likeness (QED) is 0.794. The van der Waals surface area contributed by atoms with Crippen molar-refractivity contribution in [1.29, 1.82) is 0 Å². The molecule has 0 saturated heterocycles. The molecule has 0 radical (unpaired) electrons. The number of hydrogen-bond acceptors (Lipinski definition) is 1. The van der Waals surface area contributed by atoms with E-state index >= 15 is 0 Å². The first-order chi connectivity index (χ1) is 7.84. The van der Waals surface area contributed by atoms with Gasteiger partial charge in [0.05, 0.1) is 0 Å². The summed E-state index contributed by atoms with van der Waals surface area (Å²) in [4.78, 5) is 0. The second-order valence-corrected chi connectivity index (χ2v) is 4.50. The van der Waals surface area contributed by atoms with Crippen molar-refractivity contribution in [2.45, 2.75) is 13.1 Å². The molecule has 1 N–H and O–H groups in total. The summed E-state index contributed by atoms with van der Waals surface area (Å²) in [6.07, 6.45) is 0. The van der Waals surface area contributed by atoms with E-state index in [0.29, 0.717) is 0 Å². The van der Waals surface area contributed by atoms with Crippen molar-refractivity contribution >= 4 is 14.5 Å². The molecule has 1 atom stereocenters. The molecule has 16 heavy (non-hydrogen) atoms. The molecule has 1 nitrogen and oxygen atoms in total. The van der Waals surface area contributed by atoms with E-state index in [-0.39, 0.29) is 0 Å². The van der Waals surface area contributed by atoms with Gasteiger partial charge in [0.2, 0.25) is 0 Å². The highest BCUT2D eigenvalue weighted by atomic mass is 31.0. The fourth-order valence-corrected chi connectivity index (χ4v) is 1.77. The molecule has 0 fully saturated rings. The van der Waals surface area contributed by atoms with Crippen molar-refractivity contribution in [3.05, 3.63) is 65.7 Å². The van der Waals surface area contributed by atoms with Gasteiger partial charge in [-0.2, -0.15) is 0 Å². The molecule has 0 bridgehead atoms. The molecule has 0 amide bonds. The van der Waals surface area contributed by atoms with Gasteiger partial charge in [0.15, 0.2) is 0 Å². The predicted molar refractivity (Wildman–Crippen MR) is 72.8 cm³/mol. The average molecular weight is 229 g/mol. The minimum Gasteiger partial charge on any atom is -0.309 e. The van der Waals surface area contributed by atoms with Gasteiger partial charge in [-0.15, -0.1) is 9.24 Å². The van der Waals surface area contributed by atoms with Gasteiger partial charge in [0.1, 0.15) is 0 Å². The number of hydrogen-bond donors (Lipinski definition) is 1. The Balaban J connectivity index is 1.82. The molecule has 0 aliphatic heterocycles. The Hall–Kier alpha value is -1.17. The Labute approximate surface area is 99.1 Å². The van der Waals surface area contributed by atoms with Gasteiger partial charge < -0.3 is 5.32 Å². The molecule has 0 aromatic heterocycles. The van der Waals surface area contributed by atoms with Crippen LogP contribution >= 0.6 is 9.24 Å². The van der Waals surface area contributed by atoms with E-state index in [1.165, 1.54) is 16.4 Å². The molecule has 2 aromatic rings. The SMILES string of the molecule is Pc1ccc(CNCc2ccccc2)cc1. The first kappa shape index (κ1) is 11.3. The lowest BCUT2D eigenvalue weighted by Crippen LogP contribution is -2.12. The van der Waals surface area contributed by atoms with Gasteiger partial charge in [0.25, 0.3) is 0 Å². The van der Waals surface area contributed by atoms with Crippen LogP contribution in [0.2, 0.25) is 0 Å². The Morgan fingerprint density at radius 3 is 1.94 bits per heavy atom. The molecule has 0 spiro atoms. The third-order valence-electron chi connectivity index (χ3n) is 2.48. The lowest BCUT2D eigenvalue weighted by molar-refractivity contribution is 0.693. The van der Waals surface area contributed by atoms with Crippen LogP contribution in [0.15, 0.2) is 54.6 Å². The molecule has 1 unspecified atom stereocenters. The second-order valence-electron chi connectivity index (χ2n) is 3.83. The lowest BCUT2D eigenvalue weighted by Gasteiger charge is -2.05. The summed E-state index contributed by atoms with van der Waals surface area (Å²) < 4.78 is 0. The molecule has 82 valence electrons. The molecule has 2 rings (SSSR count). The standard InChI is InChI=1S/C14H16NP/c16-14-8-6-13(7-9-14)11-15-10-12-4-2-1-3-5-12/h1-9,15H,10-11,16H2. The highest BCUT2D eigenvalue weighted by molar-refractivity contribution is 7.27. The summed E-state index contributed by atoms with van der Waals surface area (Å²) in [5.41, 5.74) is 2.65. The Bertz CT molecular complexity index is 422. The molecule has 2 aromatic carbocycles. The second kappa shape index (κ2) is 5.79.